The number of rotatable bonds is 6. The Labute approximate surface area is 182 Å². The number of aliphatic hydroxyl groups is 1. The second-order valence-electron chi connectivity index (χ2n) is 6.30. The van der Waals surface area contributed by atoms with Gasteiger partial charge < -0.3 is 10.4 Å². The topological polar surface area (TPSA) is 174 Å². The number of benzene rings is 2. The number of anilines is 2. The second-order valence-corrected chi connectivity index (χ2v) is 7.99. The molecule has 0 aliphatic heterocycles. The highest BCUT2D eigenvalue weighted by molar-refractivity contribution is 7.90. The minimum absolute atomic E-state index is 0.0411. The van der Waals surface area contributed by atoms with Crippen molar-refractivity contribution in [2.24, 2.45) is 0 Å². The number of urea groups is 1. The van der Waals surface area contributed by atoms with E-state index in [9.17, 15) is 18.0 Å². The van der Waals surface area contributed by atoms with Gasteiger partial charge in [0.25, 0.3) is 15.9 Å². The van der Waals surface area contributed by atoms with E-state index >= 15 is 0 Å². The maximum absolute atomic E-state index is 12.2. The molecule has 4 N–H and O–H groups in total. The molecule has 3 amide bonds. The molecule has 0 aliphatic rings. The van der Waals surface area contributed by atoms with E-state index in [4.69, 9.17) is 10.4 Å². The quantitative estimate of drug-likeness (QED) is 0.436. The van der Waals surface area contributed by atoms with Gasteiger partial charge in [0.1, 0.15) is 0 Å². The van der Waals surface area contributed by atoms with E-state index in [0.29, 0.717) is 11.1 Å². The van der Waals surface area contributed by atoms with Crippen molar-refractivity contribution in [2.45, 2.75) is 11.5 Å². The van der Waals surface area contributed by atoms with E-state index in [1.54, 1.807) is 18.2 Å². The zero-order valence-corrected chi connectivity index (χ0v) is 17.1. The first-order valence-electron chi connectivity index (χ1n) is 8.98. The first-order valence-corrected chi connectivity index (χ1v) is 10.5. The Kier molecular flexibility index (Phi) is 6.74. The molecule has 0 unspecified atom stereocenters. The third-order valence-corrected chi connectivity index (χ3v) is 5.37. The Morgan fingerprint density at radius 1 is 1.03 bits per heavy atom. The number of nitrogens with one attached hydrogen (secondary N) is 3. The van der Waals surface area contributed by atoms with Crippen LogP contribution in [0.1, 0.15) is 21.5 Å². The summed E-state index contributed by atoms with van der Waals surface area (Å²) >= 11 is 0. The maximum Gasteiger partial charge on any atom is 0.333 e. The third kappa shape index (κ3) is 5.63. The SMILES string of the molecule is N#Cc1ccc(S(=O)(=O)NC(=O)Nc2cnc(NC(=O)c3cccc(CO)c3)nc2)cc1. The van der Waals surface area contributed by atoms with Crippen LogP contribution in [0.2, 0.25) is 0 Å². The van der Waals surface area contributed by atoms with Crippen molar-refractivity contribution in [3.8, 4) is 6.07 Å². The van der Waals surface area contributed by atoms with Crippen LogP contribution < -0.4 is 15.4 Å². The lowest BCUT2D eigenvalue weighted by Gasteiger charge is -2.09. The molecule has 0 fully saturated rings. The number of nitriles is 1. The molecular formula is C20H16N6O5S. The summed E-state index contributed by atoms with van der Waals surface area (Å²) < 4.78 is 26.3. The molecule has 0 atom stereocenters. The van der Waals surface area contributed by atoms with Crippen LogP contribution in [0.25, 0.3) is 0 Å². The van der Waals surface area contributed by atoms with Crippen molar-refractivity contribution in [3.05, 3.63) is 77.6 Å². The Morgan fingerprint density at radius 3 is 2.34 bits per heavy atom. The second kappa shape index (κ2) is 9.65. The van der Waals surface area contributed by atoms with Crippen molar-refractivity contribution >= 4 is 33.6 Å². The summed E-state index contributed by atoms with van der Waals surface area (Å²) in [6.45, 7) is -0.207. The van der Waals surface area contributed by atoms with Crippen LogP contribution in [0, 0.1) is 11.3 Å². The minimum Gasteiger partial charge on any atom is -0.392 e. The zero-order valence-electron chi connectivity index (χ0n) is 16.3. The van der Waals surface area contributed by atoms with Crippen LogP contribution >= 0.6 is 0 Å². The molecule has 11 nitrogen and oxygen atoms in total. The molecule has 0 saturated carbocycles. The fourth-order valence-corrected chi connectivity index (χ4v) is 3.40. The molecule has 32 heavy (non-hydrogen) atoms. The van der Waals surface area contributed by atoms with Gasteiger partial charge in [0.15, 0.2) is 0 Å². The van der Waals surface area contributed by atoms with Gasteiger partial charge in [0.05, 0.1) is 41.2 Å². The van der Waals surface area contributed by atoms with Crippen LogP contribution in [0.15, 0.2) is 65.8 Å². The van der Waals surface area contributed by atoms with Crippen LogP contribution in [0.5, 0.6) is 0 Å². The molecule has 3 aromatic rings. The van der Waals surface area contributed by atoms with E-state index < -0.39 is 22.0 Å². The molecule has 0 bridgehead atoms. The van der Waals surface area contributed by atoms with E-state index in [1.807, 2.05) is 10.8 Å². The Hall–Kier alpha value is -4.34. The summed E-state index contributed by atoms with van der Waals surface area (Å²) in [4.78, 5) is 31.9. The lowest BCUT2D eigenvalue weighted by atomic mass is 10.1. The number of carbonyl (C=O) groups excluding carboxylic acids is 2. The van der Waals surface area contributed by atoms with Gasteiger partial charge in [-0.3, -0.25) is 10.1 Å². The van der Waals surface area contributed by atoms with E-state index in [1.165, 1.54) is 42.7 Å². The van der Waals surface area contributed by atoms with Gasteiger partial charge in [-0.1, -0.05) is 12.1 Å². The Balaban J connectivity index is 1.60. The molecule has 1 heterocycles. The molecular weight excluding hydrogens is 436 g/mol. The van der Waals surface area contributed by atoms with E-state index in [0.717, 1.165) is 0 Å². The number of amides is 3. The van der Waals surface area contributed by atoms with Crippen molar-refractivity contribution in [1.82, 2.24) is 14.7 Å². The minimum atomic E-state index is -4.15. The van der Waals surface area contributed by atoms with Crippen LogP contribution in [0.4, 0.5) is 16.4 Å². The number of carbonyl (C=O) groups is 2. The van der Waals surface area contributed by atoms with Crippen molar-refractivity contribution < 1.29 is 23.1 Å². The molecule has 0 spiro atoms. The predicted molar refractivity (Wildman–Crippen MR) is 113 cm³/mol. The predicted octanol–water partition coefficient (Wildman–Crippen LogP) is 1.60. The van der Waals surface area contributed by atoms with Gasteiger partial charge in [-0.2, -0.15) is 5.26 Å². The molecule has 0 radical (unpaired) electrons. The molecule has 162 valence electrons. The average Bonchev–Trinajstić information content (AvgIpc) is 2.80. The standard InChI is InChI=1S/C20H16N6O5S/c21-9-13-4-6-17(7-5-13)32(30,31)26-20(29)24-16-10-22-19(23-11-16)25-18(28)15-3-1-2-14(8-15)12-27/h1-8,10-11,27H,12H2,(H2,24,26,29)(H,22,23,25,28). The highest BCUT2D eigenvalue weighted by Gasteiger charge is 2.18. The number of hydrogen-bond acceptors (Lipinski definition) is 8. The zero-order chi connectivity index (χ0) is 23.1. The maximum atomic E-state index is 12.2. The van der Waals surface area contributed by atoms with Crippen LogP contribution in [-0.2, 0) is 16.6 Å². The molecule has 3 rings (SSSR count). The van der Waals surface area contributed by atoms with E-state index in [-0.39, 0.29) is 28.7 Å². The van der Waals surface area contributed by atoms with Gasteiger partial charge in [-0.15, -0.1) is 0 Å². The highest BCUT2D eigenvalue weighted by atomic mass is 32.2. The van der Waals surface area contributed by atoms with Crippen molar-refractivity contribution in [3.63, 3.8) is 0 Å². The summed E-state index contributed by atoms with van der Waals surface area (Å²) in [5, 5.41) is 22.7. The lowest BCUT2D eigenvalue weighted by Crippen LogP contribution is -2.34. The molecule has 2 aromatic carbocycles. The highest BCUT2D eigenvalue weighted by Crippen LogP contribution is 2.12. The number of nitrogens with zero attached hydrogens (tertiary/aromatic N) is 3. The summed E-state index contributed by atoms with van der Waals surface area (Å²) in [5.74, 6) is -0.534. The average molecular weight is 452 g/mol. The van der Waals surface area contributed by atoms with Gasteiger partial charge in [-0.25, -0.2) is 27.9 Å². The number of hydrogen-bond donors (Lipinski definition) is 4. The first-order chi connectivity index (χ1) is 15.3. The normalized spacial score (nSPS) is 10.6. The summed E-state index contributed by atoms with van der Waals surface area (Å²) in [5.41, 5.74) is 1.23. The fourth-order valence-electron chi connectivity index (χ4n) is 2.49. The fraction of sp³-hybridized carbons (Fsp3) is 0.0500. The van der Waals surface area contributed by atoms with Gasteiger partial charge in [0, 0.05) is 5.56 Å². The third-order valence-electron chi connectivity index (χ3n) is 4.03. The molecule has 12 heteroatoms. The number of aromatic nitrogens is 2. The van der Waals surface area contributed by atoms with Crippen LogP contribution in [-0.4, -0.2) is 35.4 Å². The van der Waals surface area contributed by atoms with Gasteiger partial charge in [0.2, 0.25) is 5.95 Å². The first kappa shape index (κ1) is 22.3. The molecule has 0 saturated heterocycles. The number of sulfonamides is 1. The number of aliphatic hydroxyl groups excluding tert-OH is 1. The Bertz CT molecular complexity index is 1290. The Morgan fingerprint density at radius 2 is 1.72 bits per heavy atom. The summed E-state index contributed by atoms with van der Waals surface area (Å²) in [6, 6.07) is 12.2. The summed E-state index contributed by atoms with van der Waals surface area (Å²) in [6.07, 6.45) is 2.36. The molecule has 1 aromatic heterocycles. The van der Waals surface area contributed by atoms with Gasteiger partial charge >= 0.3 is 6.03 Å². The largest absolute Gasteiger partial charge is 0.392 e. The molecule has 0 aliphatic carbocycles. The lowest BCUT2D eigenvalue weighted by molar-refractivity contribution is 0.102. The van der Waals surface area contributed by atoms with E-state index in [2.05, 4.69) is 20.6 Å². The van der Waals surface area contributed by atoms with Gasteiger partial charge in [-0.05, 0) is 42.0 Å². The van der Waals surface area contributed by atoms with Crippen molar-refractivity contribution in [2.75, 3.05) is 10.6 Å². The van der Waals surface area contributed by atoms with Crippen LogP contribution in [0.3, 0.4) is 0 Å². The monoisotopic (exact) mass is 452 g/mol. The van der Waals surface area contributed by atoms with Crippen molar-refractivity contribution in [1.29, 1.82) is 5.26 Å². The summed E-state index contributed by atoms with van der Waals surface area (Å²) in [7, 11) is -4.15. The smallest absolute Gasteiger partial charge is 0.333 e.